The number of nitrogens with one attached hydrogen (secondary N) is 1. The molecule has 0 aliphatic heterocycles. The normalized spacial score (nSPS) is 10.7. The molecule has 16 heavy (non-hydrogen) atoms. The first-order valence-electron chi connectivity index (χ1n) is 4.75. The van der Waals surface area contributed by atoms with Crippen molar-refractivity contribution < 1.29 is 8.81 Å². The summed E-state index contributed by atoms with van der Waals surface area (Å²) in [4.78, 5) is 4.01. The average molecular weight is 241 g/mol. The van der Waals surface area contributed by atoms with Gasteiger partial charge in [0.25, 0.3) is 0 Å². The molecule has 0 bridgehead atoms. The number of halogens is 2. The summed E-state index contributed by atoms with van der Waals surface area (Å²) in [6.07, 6.45) is 1.49. The van der Waals surface area contributed by atoms with Crippen LogP contribution in [0.5, 0.6) is 0 Å². The monoisotopic (exact) mass is 240 g/mol. The lowest BCUT2D eigenvalue weighted by molar-refractivity contribution is 0.488. The quantitative estimate of drug-likeness (QED) is 0.897. The molecular weight excluding hydrogens is 231 g/mol. The zero-order valence-corrected chi connectivity index (χ0v) is 9.38. The van der Waals surface area contributed by atoms with Crippen molar-refractivity contribution in [2.75, 3.05) is 7.05 Å². The molecule has 3 nitrogen and oxygen atoms in total. The molecule has 0 spiro atoms. The predicted octanol–water partition coefficient (Wildman–Crippen LogP) is 2.85. The highest BCUT2D eigenvalue weighted by Gasteiger charge is 2.11. The Morgan fingerprint density at radius 3 is 3.06 bits per heavy atom. The van der Waals surface area contributed by atoms with E-state index in [0.29, 0.717) is 28.8 Å². The molecule has 84 valence electrons. The van der Waals surface area contributed by atoms with Crippen LogP contribution in [0.1, 0.15) is 5.89 Å². The van der Waals surface area contributed by atoms with Crippen LogP contribution in [-0.2, 0) is 6.54 Å². The van der Waals surface area contributed by atoms with E-state index in [1.54, 1.807) is 7.05 Å². The molecule has 1 aromatic heterocycles. The van der Waals surface area contributed by atoms with E-state index in [1.165, 1.54) is 24.4 Å². The second-order valence-corrected chi connectivity index (χ2v) is 3.71. The maximum atomic E-state index is 13.5. The third-order valence-electron chi connectivity index (χ3n) is 2.08. The number of hydrogen-bond acceptors (Lipinski definition) is 3. The minimum atomic E-state index is -0.378. The molecule has 2 aromatic rings. The standard InChI is InChI=1S/C11H10ClFN2O/c1-14-6-11-15-5-10(16-11)8-4-7(12)2-3-9(8)13/h2-5,14H,6H2,1H3. The third kappa shape index (κ3) is 2.23. The first-order chi connectivity index (χ1) is 7.70. The minimum absolute atomic E-state index is 0.322. The summed E-state index contributed by atoms with van der Waals surface area (Å²) >= 11 is 5.79. The molecule has 1 heterocycles. The maximum Gasteiger partial charge on any atom is 0.208 e. The van der Waals surface area contributed by atoms with E-state index in [-0.39, 0.29) is 5.82 Å². The van der Waals surface area contributed by atoms with E-state index >= 15 is 0 Å². The predicted molar refractivity (Wildman–Crippen MR) is 59.7 cm³/mol. The van der Waals surface area contributed by atoms with Crippen molar-refractivity contribution in [2.45, 2.75) is 6.54 Å². The Kier molecular flexibility index (Phi) is 3.22. The van der Waals surface area contributed by atoms with Gasteiger partial charge in [0, 0.05) is 5.02 Å². The zero-order valence-electron chi connectivity index (χ0n) is 8.63. The maximum absolute atomic E-state index is 13.5. The second-order valence-electron chi connectivity index (χ2n) is 3.27. The van der Waals surface area contributed by atoms with Crippen molar-refractivity contribution in [3.8, 4) is 11.3 Å². The van der Waals surface area contributed by atoms with E-state index in [9.17, 15) is 4.39 Å². The number of benzene rings is 1. The first-order valence-corrected chi connectivity index (χ1v) is 5.13. The third-order valence-corrected chi connectivity index (χ3v) is 2.31. The van der Waals surface area contributed by atoms with E-state index < -0.39 is 0 Å². The molecule has 0 atom stereocenters. The van der Waals surface area contributed by atoms with Crippen LogP contribution in [0.4, 0.5) is 4.39 Å². The number of nitrogens with zero attached hydrogens (tertiary/aromatic N) is 1. The van der Waals surface area contributed by atoms with Crippen LogP contribution in [0.25, 0.3) is 11.3 Å². The largest absolute Gasteiger partial charge is 0.439 e. The Balaban J connectivity index is 2.38. The Labute approximate surface area is 97.3 Å². The van der Waals surface area contributed by atoms with Gasteiger partial charge in [0.2, 0.25) is 5.89 Å². The fraction of sp³-hybridized carbons (Fsp3) is 0.182. The van der Waals surface area contributed by atoms with E-state index in [1.807, 2.05) is 0 Å². The van der Waals surface area contributed by atoms with Crippen molar-refractivity contribution >= 4 is 11.6 Å². The molecule has 0 unspecified atom stereocenters. The second kappa shape index (κ2) is 4.63. The van der Waals surface area contributed by atoms with Crippen LogP contribution in [0, 0.1) is 5.82 Å². The van der Waals surface area contributed by atoms with Gasteiger partial charge in [-0.15, -0.1) is 0 Å². The van der Waals surface area contributed by atoms with Gasteiger partial charge in [-0.3, -0.25) is 0 Å². The molecule has 2 rings (SSSR count). The molecular formula is C11H10ClFN2O. The lowest BCUT2D eigenvalue weighted by atomic mass is 10.2. The van der Waals surface area contributed by atoms with Gasteiger partial charge in [0.05, 0.1) is 18.3 Å². The molecule has 0 saturated heterocycles. The fourth-order valence-electron chi connectivity index (χ4n) is 1.35. The zero-order chi connectivity index (χ0) is 11.5. The summed E-state index contributed by atoms with van der Waals surface area (Å²) in [7, 11) is 1.78. The fourth-order valence-corrected chi connectivity index (χ4v) is 1.53. The minimum Gasteiger partial charge on any atom is -0.439 e. The van der Waals surface area contributed by atoms with Gasteiger partial charge in [0.1, 0.15) is 5.82 Å². The average Bonchev–Trinajstić information content (AvgIpc) is 2.71. The molecule has 1 N–H and O–H groups in total. The molecule has 0 aliphatic carbocycles. The summed E-state index contributed by atoms with van der Waals surface area (Å²) in [6.45, 7) is 0.502. The summed E-state index contributed by atoms with van der Waals surface area (Å²) in [5, 5.41) is 3.36. The molecule has 5 heteroatoms. The van der Waals surface area contributed by atoms with Crippen molar-refractivity contribution in [3.05, 3.63) is 41.1 Å². The topological polar surface area (TPSA) is 38.1 Å². The van der Waals surface area contributed by atoms with Gasteiger partial charge in [-0.05, 0) is 25.2 Å². The summed E-state index contributed by atoms with van der Waals surface area (Å²) < 4.78 is 18.9. The summed E-state index contributed by atoms with van der Waals surface area (Å²) in [6, 6.07) is 4.31. The Morgan fingerprint density at radius 1 is 1.50 bits per heavy atom. The number of aromatic nitrogens is 1. The Morgan fingerprint density at radius 2 is 2.31 bits per heavy atom. The van der Waals surface area contributed by atoms with Gasteiger partial charge in [-0.1, -0.05) is 11.6 Å². The van der Waals surface area contributed by atoms with E-state index in [0.717, 1.165) is 0 Å². The number of hydrogen-bond donors (Lipinski definition) is 1. The van der Waals surface area contributed by atoms with Crippen LogP contribution in [0.15, 0.2) is 28.8 Å². The SMILES string of the molecule is CNCc1ncc(-c2cc(Cl)ccc2F)o1. The highest BCUT2D eigenvalue weighted by molar-refractivity contribution is 6.30. The molecule has 0 saturated carbocycles. The van der Waals surface area contributed by atoms with Gasteiger partial charge >= 0.3 is 0 Å². The lowest BCUT2D eigenvalue weighted by Gasteiger charge is -1.99. The van der Waals surface area contributed by atoms with Crippen LogP contribution in [0.2, 0.25) is 5.02 Å². The highest BCUT2D eigenvalue weighted by atomic mass is 35.5. The molecule has 0 aliphatic rings. The number of rotatable bonds is 3. The van der Waals surface area contributed by atoms with Crippen molar-refractivity contribution in [1.29, 1.82) is 0 Å². The van der Waals surface area contributed by atoms with Crippen molar-refractivity contribution in [3.63, 3.8) is 0 Å². The smallest absolute Gasteiger partial charge is 0.208 e. The van der Waals surface area contributed by atoms with E-state index in [4.69, 9.17) is 16.0 Å². The molecule has 0 radical (unpaired) electrons. The summed E-state index contributed by atoms with van der Waals surface area (Å²) in [5.74, 6) is 0.513. The van der Waals surface area contributed by atoms with Gasteiger partial charge in [-0.25, -0.2) is 9.37 Å². The van der Waals surface area contributed by atoms with Gasteiger partial charge < -0.3 is 9.73 Å². The van der Waals surface area contributed by atoms with Crippen LogP contribution < -0.4 is 5.32 Å². The van der Waals surface area contributed by atoms with Crippen molar-refractivity contribution in [2.24, 2.45) is 0 Å². The van der Waals surface area contributed by atoms with Crippen LogP contribution >= 0.6 is 11.6 Å². The highest BCUT2D eigenvalue weighted by Crippen LogP contribution is 2.26. The molecule has 1 aromatic carbocycles. The summed E-state index contributed by atoms with van der Waals surface area (Å²) in [5.41, 5.74) is 0.322. The van der Waals surface area contributed by atoms with Crippen LogP contribution in [0.3, 0.4) is 0 Å². The molecule has 0 amide bonds. The van der Waals surface area contributed by atoms with Gasteiger partial charge in [-0.2, -0.15) is 0 Å². The lowest BCUT2D eigenvalue weighted by Crippen LogP contribution is -2.04. The van der Waals surface area contributed by atoms with Crippen LogP contribution in [-0.4, -0.2) is 12.0 Å². The number of oxazole rings is 1. The first kappa shape index (κ1) is 11.1. The Bertz CT molecular complexity index is 498. The Hall–Kier alpha value is -1.39. The van der Waals surface area contributed by atoms with Crippen molar-refractivity contribution in [1.82, 2.24) is 10.3 Å². The van der Waals surface area contributed by atoms with E-state index in [2.05, 4.69) is 10.3 Å². The van der Waals surface area contributed by atoms with Gasteiger partial charge in [0.15, 0.2) is 5.76 Å². The molecule has 0 fully saturated rings.